The monoisotopic (exact) mass is 918 g/mol. The molecule has 0 saturated carbocycles. The molecule has 17 N–H and O–H groups in total. The molecule has 0 atom stereocenters. The summed E-state index contributed by atoms with van der Waals surface area (Å²) in [5.41, 5.74) is 0. The average Bonchev–Trinajstić information content (AvgIpc) is 3.17. The summed E-state index contributed by atoms with van der Waals surface area (Å²) in [6, 6.07) is 0. The van der Waals surface area contributed by atoms with Crippen LogP contribution >= 0.6 is 0 Å². The number of hydrogen-bond donors (Lipinski definition) is 17. The first-order chi connectivity index (χ1) is 28.8. The minimum Gasteiger partial charge on any atom is -0.480 e. The summed E-state index contributed by atoms with van der Waals surface area (Å²) in [5.74, 6) is -9.82. The first kappa shape index (κ1) is 61.4. The van der Waals surface area contributed by atoms with Crippen LogP contribution in [-0.2, 0) is 38.4 Å². The van der Waals surface area contributed by atoms with Gasteiger partial charge in [-0.05, 0) is 0 Å². The predicted molar refractivity (Wildman–Crippen MR) is 195 cm³/mol. The lowest BCUT2D eigenvalue weighted by Crippen LogP contribution is -2.83. The van der Waals surface area contributed by atoms with E-state index in [1.807, 2.05) is 0 Å². The van der Waals surface area contributed by atoms with Crippen molar-refractivity contribution in [1.82, 2.24) is 19.6 Å². The maximum atomic E-state index is 10.6. The fourth-order valence-electron chi connectivity index (χ4n) is 5.57. The first-order valence-electron chi connectivity index (χ1n) is 17.5. The second kappa shape index (κ2) is 31.9. The Hall–Kier alpha value is -4.88. The van der Waals surface area contributed by atoms with E-state index in [-0.39, 0.29) is 26.2 Å². The van der Waals surface area contributed by atoms with Crippen molar-refractivity contribution >= 4 is 47.8 Å². The minimum absolute atomic E-state index is 0.0703. The van der Waals surface area contributed by atoms with Gasteiger partial charge in [-0.3, -0.25) is 58.0 Å². The maximum absolute atomic E-state index is 10.6. The fraction of sp³-hybridized carbons (Fsp3) is 0.733. The number of rotatable bonds is 34. The van der Waals surface area contributed by atoms with Gasteiger partial charge in [0.15, 0.2) is 60.6 Å². The van der Waals surface area contributed by atoms with Crippen molar-refractivity contribution in [2.24, 2.45) is 0 Å². The van der Waals surface area contributed by atoms with Crippen molar-refractivity contribution in [2.75, 3.05) is 139 Å². The number of carboxylic acids is 8. The number of nitrogens with zero attached hydrogens (tertiary/aromatic N) is 7. The zero-order valence-electron chi connectivity index (χ0n) is 33.4. The van der Waals surface area contributed by atoms with Crippen LogP contribution in [0.1, 0.15) is 0 Å². The van der Waals surface area contributed by atoms with Gasteiger partial charge >= 0.3 is 54.0 Å². The molecule has 62 heavy (non-hydrogen) atoms. The largest absolute Gasteiger partial charge is 0.480 e. The Morgan fingerprint density at radius 1 is 0.274 bits per heavy atom. The molecular formula is C30H60N7O25+3. The molecule has 32 nitrogen and oxygen atoms in total. The summed E-state index contributed by atoms with van der Waals surface area (Å²) < 4.78 is -3.12. The van der Waals surface area contributed by atoms with Gasteiger partial charge in [-0.15, -0.1) is 0 Å². The van der Waals surface area contributed by atoms with Gasteiger partial charge in [-0.1, -0.05) is 0 Å². The van der Waals surface area contributed by atoms with Crippen molar-refractivity contribution in [3.63, 3.8) is 0 Å². The summed E-state index contributed by atoms with van der Waals surface area (Å²) in [6.45, 7) is -12.8. The van der Waals surface area contributed by atoms with Crippen LogP contribution in [0.2, 0.25) is 0 Å². The highest BCUT2D eigenvalue weighted by Crippen LogP contribution is 2.30. The third-order valence-corrected chi connectivity index (χ3v) is 8.34. The number of aliphatic carboxylic acids is 8. The Balaban J connectivity index is -0.000000844. The van der Waals surface area contributed by atoms with Crippen molar-refractivity contribution in [3.05, 3.63) is 0 Å². The normalized spacial score (nSPS) is 11.8. The molecule has 0 aromatic rings. The molecule has 0 unspecified atom stereocenters. The molecule has 0 rings (SSSR count). The quantitative estimate of drug-likeness (QED) is 0.0210. The van der Waals surface area contributed by atoms with Gasteiger partial charge in [0.05, 0.1) is 52.4 Å². The molecule has 0 aromatic carbocycles. The molecule has 0 fully saturated rings. The minimum atomic E-state index is -1.58. The van der Waals surface area contributed by atoms with E-state index in [1.54, 1.807) is 0 Å². The molecule has 0 aliphatic heterocycles. The lowest BCUT2D eigenvalue weighted by molar-refractivity contribution is -1.31. The van der Waals surface area contributed by atoms with Crippen LogP contribution in [0.25, 0.3) is 0 Å². The van der Waals surface area contributed by atoms with Gasteiger partial charge in [0, 0.05) is 26.2 Å². The van der Waals surface area contributed by atoms with Crippen LogP contribution in [0.3, 0.4) is 0 Å². The molecular weight excluding hydrogens is 858 g/mol. The summed E-state index contributed by atoms with van der Waals surface area (Å²) in [6.07, 6.45) is -1.58. The number of quaternary nitrogens is 3. The van der Waals surface area contributed by atoms with Crippen LogP contribution in [0.5, 0.6) is 0 Å². The molecule has 32 heteroatoms. The number of carbonyl (C=O) groups is 8. The lowest BCUT2D eigenvalue weighted by Gasteiger charge is -2.52. The molecule has 0 bridgehead atoms. The van der Waals surface area contributed by atoms with E-state index in [9.17, 15) is 84.3 Å². The number of hydrogen-bond acceptors (Lipinski definition) is 21. The van der Waals surface area contributed by atoms with Gasteiger partial charge in [0.2, 0.25) is 0 Å². The van der Waals surface area contributed by atoms with Crippen molar-refractivity contribution < 1.29 is 139 Å². The zero-order valence-corrected chi connectivity index (χ0v) is 33.4. The van der Waals surface area contributed by atoms with Crippen LogP contribution in [0, 0.1) is 0 Å². The second-order valence-electron chi connectivity index (χ2n) is 13.3. The molecule has 0 heterocycles. The van der Waals surface area contributed by atoms with Crippen LogP contribution in [0.4, 0.5) is 0 Å². The van der Waals surface area contributed by atoms with Crippen LogP contribution in [0.15, 0.2) is 0 Å². The zero-order chi connectivity index (χ0) is 48.9. The smallest absolute Gasteiger partial charge is 0.360 e. The van der Waals surface area contributed by atoms with Gasteiger partial charge in [0.25, 0.3) is 0 Å². The van der Waals surface area contributed by atoms with Gasteiger partial charge < -0.3 is 86.8 Å². The Morgan fingerprint density at radius 2 is 0.387 bits per heavy atom. The highest BCUT2D eigenvalue weighted by atomic mass is 16.4. The van der Waals surface area contributed by atoms with E-state index in [4.69, 9.17) is 40.9 Å². The van der Waals surface area contributed by atoms with Crippen molar-refractivity contribution in [2.45, 2.75) is 6.29 Å². The Labute approximate surface area is 351 Å². The highest BCUT2D eigenvalue weighted by molar-refractivity contribution is 5.74. The first-order valence-corrected chi connectivity index (χ1v) is 17.5. The molecule has 0 aliphatic rings. The topological polar surface area (TPSA) is 493 Å². The maximum Gasteiger partial charge on any atom is 0.360 e. The van der Waals surface area contributed by atoms with E-state index < -0.39 is 180 Å². The Kier molecular flexibility index (Phi) is 31.6. The van der Waals surface area contributed by atoms with E-state index in [1.165, 1.54) is 0 Å². The number of aliphatic hydroxyl groups is 9. The number of carboxylic acid groups (broad SMARTS) is 8. The average molecular weight is 919 g/mol. The Bertz CT molecular complexity index is 1120. The van der Waals surface area contributed by atoms with Crippen LogP contribution in [-0.4, -0.2) is 313 Å². The lowest BCUT2D eigenvalue weighted by atomic mass is 10.3. The standard InChI is InChI=1S/C10H28N3O9.2C10H16N2O8/c14-1-11(2-15,3-16)10(12(4-17,5-18)6-19)13(7-20,8-21)9-22;2*13-7(14)3-11(4-8(15)16)1-2-12(5-9(17)18)6-10(19)20/h10,14-22H,1-9H2;2*1-6H2,(H,13,14)(H,15,16)(H,17,18)(H,19,20)/q+3;;. The van der Waals surface area contributed by atoms with Crippen molar-refractivity contribution in [3.8, 4) is 0 Å². The highest BCUT2D eigenvalue weighted by Gasteiger charge is 2.63. The molecule has 0 spiro atoms. The van der Waals surface area contributed by atoms with Gasteiger partial charge in [-0.25, -0.2) is 0 Å². The summed E-state index contributed by atoms with van der Waals surface area (Å²) in [4.78, 5) is 88.7. The molecule has 0 aliphatic carbocycles. The molecule has 0 saturated heterocycles. The molecule has 0 amide bonds. The SMILES string of the molecule is O=C(O)CN(CCN(CC(=O)O)CC(=O)O)CC(=O)O.O=C(O)CN(CCN(CC(=O)O)CC(=O)O)CC(=O)O.OC[N+](CO)(CO)C([N+](CO)(CO)CO)[N+](CO)(CO)CO. The second-order valence-corrected chi connectivity index (χ2v) is 13.3. The molecule has 0 radical (unpaired) electrons. The van der Waals surface area contributed by atoms with E-state index >= 15 is 0 Å². The predicted octanol–water partition coefficient (Wildman–Crippen LogP) is -9.87. The Morgan fingerprint density at radius 3 is 0.468 bits per heavy atom. The van der Waals surface area contributed by atoms with Crippen LogP contribution < -0.4 is 0 Å². The van der Waals surface area contributed by atoms with E-state index in [2.05, 4.69) is 0 Å². The number of aliphatic hydroxyl groups excluding tert-OH is 9. The molecule has 0 aromatic heterocycles. The van der Waals surface area contributed by atoms with Crippen molar-refractivity contribution in [1.29, 1.82) is 0 Å². The third kappa shape index (κ3) is 23.9. The van der Waals surface area contributed by atoms with Gasteiger partial charge in [-0.2, -0.15) is 13.4 Å². The van der Waals surface area contributed by atoms with E-state index in [0.717, 1.165) is 19.6 Å². The summed E-state index contributed by atoms with van der Waals surface area (Å²) in [7, 11) is 0. The fourth-order valence-corrected chi connectivity index (χ4v) is 5.57. The summed E-state index contributed by atoms with van der Waals surface area (Å²) >= 11 is 0. The van der Waals surface area contributed by atoms with E-state index in [0.29, 0.717) is 0 Å². The summed E-state index contributed by atoms with van der Waals surface area (Å²) in [5, 5.41) is 155. The molecule has 362 valence electrons. The van der Waals surface area contributed by atoms with Gasteiger partial charge in [0.1, 0.15) is 0 Å². The third-order valence-electron chi connectivity index (χ3n) is 8.34.